The normalized spacial score (nSPS) is 11.1. The van der Waals surface area contributed by atoms with E-state index in [1.54, 1.807) is 0 Å². The molecule has 0 saturated heterocycles. The number of benzene rings is 2. The molecule has 114 valence electrons. The average Bonchev–Trinajstić information content (AvgIpc) is 2.46. The molecule has 22 heavy (non-hydrogen) atoms. The zero-order valence-electron chi connectivity index (χ0n) is 11.1. The highest BCUT2D eigenvalue weighted by Crippen LogP contribution is 2.24. The van der Waals surface area contributed by atoms with Crippen LogP contribution >= 0.6 is 0 Å². The van der Waals surface area contributed by atoms with E-state index in [9.17, 15) is 18.0 Å². The highest BCUT2D eigenvalue weighted by atomic mass is 32.2. The molecular formula is C14H11NO6S. The lowest BCUT2D eigenvalue weighted by atomic mass is 10.1. The number of carboxylic acids is 2. The van der Waals surface area contributed by atoms with Gasteiger partial charge in [0.15, 0.2) is 0 Å². The Hall–Kier alpha value is -2.87. The van der Waals surface area contributed by atoms with E-state index in [2.05, 4.69) is 0 Å². The summed E-state index contributed by atoms with van der Waals surface area (Å²) in [5, 5.41) is 18.0. The second-order valence-electron chi connectivity index (χ2n) is 4.39. The highest BCUT2D eigenvalue weighted by Gasteiger charge is 2.23. The maximum Gasteiger partial charge on any atom is 0.336 e. The largest absolute Gasteiger partial charge is 0.478 e. The van der Waals surface area contributed by atoms with Gasteiger partial charge in [0.25, 0.3) is 0 Å². The Morgan fingerprint density at radius 1 is 0.818 bits per heavy atom. The summed E-state index contributed by atoms with van der Waals surface area (Å²) in [5.74, 6) is -2.97. The Balaban J connectivity index is 2.62. The Morgan fingerprint density at radius 3 is 1.82 bits per heavy atom. The number of nitrogen functional groups attached to an aromatic ring is 1. The van der Waals surface area contributed by atoms with Crippen LogP contribution in [0, 0.1) is 0 Å². The quantitative estimate of drug-likeness (QED) is 0.726. The summed E-state index contributed by atoms with van der Waals surface area (Å²) in [4.78, 5) is 21.7. The number of carbonyl (C=O) groups is 2. The van der Waals surface area contributed by atoms with Gasteiger partial charge in [-0.1, -0.05) is 0 Å². The molecule has 0 aliphatic heterocycles. The van der Waals surface area contributed by atoms with Crippen LogP contribution in [-0.4, -0.2) is 30.6 Å². The number of anilines is 1. The smallest absolute Gasteiger partial charge is 0.336 e. The van der Waals surface area contributed by atoms with Gasteiger partial charge in [-0.3, -0.25) is 0 Å². The van der Waals surface area contributed by atoms with Crippen molar-refractivity contribution in [1.29, 1.82) is 0 Å². The van der Waals surface area contributed by atoms with Crippen molar-refractivity contribution in [3.63, 3.8) is 0 Å². The molecule has 0 heterocycles. The van der Waals surface area contributed by atoms with Gasteiger partial charge in [-0.2, -0.15) is 0 Å². The fourth-order valence-corrected chi connectivity index (χ4v) is 3.12. The highest BCUT2D eigenvalue weighted by molar-refractivity contribution is 7.91. The molecule has 0 atom stereocenters. The summed E-state index contributed by atoms with van der Waals surface area (Å²) in [6, 6.07) is 8.22. The van der Waals surface area contributed by atoms with Crippen LogP contribution in [0.15, 0.2) is 52.3 Å². The lowest BCUT2D eigenvalue weighted by Crippen LogP contribution is -2.10. The molecule has 2 aromatic rings. The van der Waals surface area contributed by atoms with Gasteiger partial charge < -0.3 is 15.9 Å². The molecule has 0 unspecified atom stereocenters. The standard InChI is InChI=1S/C14H11NO6S/c15-8-1-3-9(4-2-8)22(20,21)10-5-6-11(13(16)17)12(7-10)14(18)19/h1-7H,15H2,(H,16,17)(H,18,19). The molecule has 0 aromatic heterocycles. The van der Waals surface area contributed by atoms with Crippen molar-refractivity contribution in [1.82, 2.24) is 0 Å². The van der Waals surface area contributed by atoms with E-state index in [4.69, 9.17) is 15.9 Å². The molecule has 2 rings (SSSR count). The number of aromatic carboxylic acids is 2. The number of sulfone groups is 1. The molecule has 0 radical (unpaired) electrons. The van der Waals surface area contributed by atoms with Gasteiger partial charge >= 0.3 is 11.9 Å². The minimum Gasteiger partial charge on any atom is -0.478 e. The van der Waals surface area contributed by atoms with Gasteiger partial charge in [-0.25, -0.2) is 18.0 Å². The molecule has 2 aromatic carbocycles. The van der Waals surface area contributed by atoms with Crippen molar-refractivity contribution in [2.24, 2.45) is 0 Å². The van der Waals surface area contributed by atoms with E-state index in [-0.39, 0.29) is 9.79 Å². The summed E-state index contributed by atoms with van der Waals surface area (Å²) in [5.41, 5.74) is 4.79. The van der Waals surface area contributed by atoms with Crippen molar-refractivity contribution in [2.45, 2.75) is 9.79 Å². The van der Waals surface area contributed by atoms with Gasteiger partial charge in [0.1, 0.15) is 0 Å². The SMILES string of the molecule is Nc1ccc(S(=O)(=O)c2ccc(C(=O)O)c(C(=O)O)c2)cc1. The molecule has 0 fully saturated rings. The number of nitrogens with two attached hydrogens (primary N) is 1. The molecule has 0 amide bonds. The van der Waals surface area contributed by atoms with Crippen molar-refractivity contribution >= 4 is 27.5 Å². The minimum atomic E-state index is -3.97. The van der Waals surface area contributed by atoms with Gasteiger partial charge in [-0.05, 0) is 42.5 Å². The first-order chi connectivity index (χ1) is 10.2. The Kier molecular flexibility index (Phi) is 3.87. The number of carboxylic acid groups (broad SMARTS) is 2. The lowest BCUT2D eigenvalue weighted by molar-refractivity contribution is 0.0651. The van der Waals surface area contributed by atoms with E-state index < -0.39 is 32.9 Å². The number of hydrogen-bond acceptors (Lipinski definition) is 5. The van der Waals surface area contributed by atoms with Gasteiger partial charge in [0.2, 0.25) is 9.84 Å². The topological polar surface area (TPSA) is 135 Å². The van der Waals surface area contributed by atoms with Crippen molar-refractivity contribution in [3.8, 4) is 0 Å². The second-order valence-corrected chi connectivity index (χ2v) is 6.34. The van der Waals surface area contributed by atoms with Crippen molar-refractivity contribution in [3.05, 3.63) is 53.6 Å². The molecular weight excluding hydrogens is 310 g/mol. The van der Waals surface area contributed by atoms with Crippen molar-refractivity contribution in [2.75, 3.05) is 5.73 Å². The summed E-state index contributed by atoms with van der Waals surface area (Å²) in [7, 11) is -3.97. The third-order valence-corrected chi connectivity index (χ3v) is 4.72. The predicted molar refractivity (Wildman–Crippen MR) is 76.7 cm³/mol. The lowest BCUT2D eigenvalue weighted by Gasteiger charge is -2.08. The van der Waals surface area contributed by atoms with E-state index >= 15 is 0 Å². The van der Waals surface area contributed by atoms with Crippen LogP contribution < -0.4 is 5.73 Å². The first-order valence-corrected chi connectivity index (χ1v) is 7.43. The molecule has 0 spiro atoms. The molecule has 7 nitrogen and oxygen atoms in total. The zero-order valence-corrected chi connectivity index (χ0v) is 11.9. The summed E-state index contributed by atoms with van der Waals surface area (Å²) < 4.78 is 24.8. The maximum atomic E-state index is 12.4. The summed E-state index contributed by atoms with van der Waals surface area (Å²) in [6.45, 7) is 0. The third kappa shape index (κ3) is 2.77. The van der Waals surface area contributed by atoms with Crippen LogP contribution in [0.3, 0.4) is 0 Å². The first kappa shape index (κ1) is 15.5. The summed E-state index contributed by atoms with van der Waals surface area (Å²) in [6.07, 6.45) is 0. The van der Waals surface area contributed by atoms with Gasteiger partial charge in [-0.15, -0.1) is 0 Å². The molecule has 4 N–H and O–H groups in total. The first-order valence-electron chi connectivity index (χ1n) is 5.95. The zero-order chi connectivity index (χ0) is 16.5. The van der Waals surface area contributed by atoms with E-state index in [1.165, 1.54) is 24.3 Å². The van der Waals surface area contributed by atoms with E-state index in [0.717, 1.165) is 18.2 Å². The molecule has 8 heteroatoms. The Labute approximate surface area is 125 Å². The van der Waals surface area contributed by atoms with E-state index in [0.29, 0.717) is 5.69 Å². The van der Waals surface area contributed by atoms with Crippen LogP contribution in [0.1, 0.15) is 20.7 Å². The second kappa shape index (κ2) is 5.49. The number of hydrogen-bond donors (Lipinski definition) is 3. The van der Waals surface area contributed by atoms with Crippen LogP contribution in [0.25, 0.3) is 0 Å². The monoisotopic (exact) mass is 321 g/mol. The van der Waals surface area contributed by atoms with E-state index in [1.807, 2.05) is 0 Å². The fraction of sp³-hybridized carbons (Fsp3) is 0. The van der Waals surface area contributed by atoms with Crippen LogP contribution in [0.4, 0.5) is 5.69 Å². The van der Waals surface area contributed by atoms with Gasteiger partial charge in [0, 0.05) is 5.69 Å². The predicted octanol–water partition coefficient (Wildman–Crippen LogP) is 1.50. The van der Waals surface area contributed by atoms with Gasteiger partial charge in [0.05, 0.1) is 20.9 Å². The van der Waals surface area contributed by atoms with Crippen LogP contribution in [-0.2, 0) is 9.84 Å². The van der Waals surface area contributed by atoms with Crippen LogP contribution in [0.2, 0.25) is 0 Å². The summed E-state index contributed by atoms with van der Waals surface area (Å²) >= 11 is 0. The molecule has 0 aliphatic carbocycles. The van der Waals surface area contributed by atoms with Crippen molar-refractivity contribution < 1.29 is 28.2 Å². The minimum absolute atomic E-state index is 0.0684. The molecule has 0 saturated carbocycles. The Morgan fingerprint density at radius 2 is 1.32 bits per heavy atom. The molecule has 0 bridgehead atoms. The van der Waals surface area contributed by atoms with Crippen LogP contribution in [0.5, 0.6) is 0 Å². The number of rotatable bonds is 4. The Bertz CT molecular complexity index is 855. The maximum absolute atomic E-state index is 12.4. The third-order valence-electron chi connectivity index (χ3n) is 2.95. The molecule has 0 aliphatic rings. The fourth-order valence-electron chi connectivity index (χ4n) is 1.84. The average molecular weight is 321 g/mol.